The van der Waals surface area contributed by atoms with Gasteiger partial charge in [0, 0.05) is 17.9 Å². The molecule has 2 rings (SSSR count). The molecule has 0 aliphatic carbocycles. The zero-order valence-corrected chi connectivity index (χ0v) is 12.7. The maximum absolute atomic E-state index is 12.2. The third-order valence-electron chi connectivity index (χ3n) is 3.44. The summed E-state index contributed by atoms with van der Waals surface area (Å²) in [6.45, 7) is 7.29. The van der Waals surface area contributed by atoms with Gasteiger partial charge in [-0.1, -0.05) is 13.8 Å². The molecule has 1 aromatic heterocycles. The van der Waals surface area contributed by atoms with Crippen LogP contribution in [-0.4, -0.2) is 23.1 Å². The van der Waals surface area contributed by atoms with Gasteiger partial charge in [-0.3, -0.25) is 4.79 Å². The number of aromatic nitrogens is 1. The molecule has 1 saturated heterocycles. The summed E-state index contributed by atoms with van der Waals surface area (Å²) in [5, 5.41) is 6.07. The van der Waals surface area contributed by atoms with E-state index in [0.29, 0.717) is 19.1 Å². The zero-order valence-electron chi connectivity index (χ0n) is 11.9. The predicted molar refractivity (Wildman–Crippen MR) is 76.3 cm³/mol. The lowest BCUT2D eigenvalue weighted by atomic mass is 9.95. The van der Waals surface area contributed by atoms with Crippen molar-refractivity contribution in [2.24, 2.45) is 0 Å². The van der Waals surface area contributed by atoms with Crippen molar-refractivity contribution in [3.05, 3.63) is 16.1 Å². The molecule has 1 fully saturated rings. The summed E-state index contributed by atoms with van der Waals surface area (Å²) >= 11 is 1.65. The number of carbonyl (C=O) groups is 1. The first-order chi connectivity index (χ1) is 9.01. The van der Waals surface area contributed by atoms with E-state index >= 15 is 0 Å². The lowest BCUT2D eigenvalue weighted by Gasteiger charge is -2.32. The molecule has 0 radical (unpaired) electrons. The molecule has 106 valence electrons. The van der Waals surface area contributed by atoms with Crippen LogP contribution in [0.25, 0.3) is 0 Å². The van der Waals surface area contributed by atoms with Crippen LogP contribution in [0.15, 0.2) is 5.38 Å². The third kappa shape index (κ3) is 3.54. The number of ether oxygens (including phenoxy) is 1. The third-order valence-corrected chi connectivity index (χ3v) is 4.64. The number of thiazole rings is 1. The molecule has 1 aliphatic heterocycles. The molecular formula is C14H22N2O2S. The van der Waals surface area contributed by atoms with Crippen LogP contribution < -0.4 is 5.32 Å². The number of amides is 1. The summed E-state index contributed by atoms with van der Waals surface area (Å²) in [6.07, 6.45) is 2.90. The van der Waals surface area contributed by atoms with Crippen molar-refractivity contribution in [1.82, 2.24) is 10.3 Å². The van der Waals surface area contributed by atoms with E-state index in [4.69, 9.17) is 4.74 Å². The lowest BCUT2D eigenvalue weighted by Crippen LogP contribution is -2.48. The van der Waals surface area contributed by atoms with Crippen LogP contribution in [0, 0.1) is 0 Å². The summed E-state index contributed by atoms with van der Waals surface area (Å²) in [5.74, 6) is 0.417. The topological polar surface area (TPSA) is 51.2 Å². The Morgan fingerprint density at radius 3 is 2.95 bits per heavy atom. The van der Waals surface area contributed by atoms with Gasteiger partial charge >= 0.3 is 0 Å². The molecule has 0 unspecified atom stereocenters. The highest BCUT2D eigenvalue weighted by Crippen LogP contribution is 2.25. The van der Waals surface area contributed by atoms with Gasteiger partial charge in [-0.05, 0) is 26.2 Å². The van der Waals surface area contributed by atoms with Gasteiger partial charge in [0.15, 0.2) is 0 Å². The highest BCUT2D eigenvalue weighted by molar-refractivity contribution is 7.09. The van der Waals surface area contributed by atoms with Gasteiger partial charge in [0.05, 0.1) is 17.2 Å². The molecule has 2 heterocycles. The molecule has 5 heteroatoms. The Morgan fingerprint density at radius 1 is 1.58 bits per heavy atom. The van der Waals surface area contributed by atoms with Crippen molar-refractivity contribution in [2.45, 2.75) is 58.1 Å². The molecule has 0 saturated carbocycles. The van der Waals surface area contributed by atoms with Crippen molar-refractivity contribution in [3.8, 4) is 0 Å². The highest BCUT2D eigenvalue weighted by atomic mass is 32.1. The minimum Gasteiger partial charge on any atom is -0.365 e. The van der Waals surface area contributed by atoms with Gasteiger partial charge in [-0.2, -0.15) is 0 Å². The first-order valence-electron chi connectivity index (χ1n) is 6.88. The van der Waals surface area contributed by atoms with Crippen LogP contribution in [0.2, 0.25) is 0 Å². The fraction of sp³-hybridized carbons (Fsp3) is 0.714. The number of hydrogen-bond donors (Lipinski definition) is 1. The number of hydrogen-bond acceptors (Lipinski definition) is 4. The fourth-order valence-corrected chi connectivity index (χ4v) is 2.97. The zero-order chi connectivity index (χ0) is 13.9. The number of rotatable bonds is 4. The molecular weight excluding hydrogens is 260 g/mol. The van der Waals surface area contributed by atoms with Crippen LogP contribution in [0.1, 0.15) is 56.7 Å². The molecule has 1 aromatic rings. The van der Waals surface area contributed by atoms with Gasteiger partial charge in [0.25, 0.3) is 5.91 Å². The maximum atomic E-state index is 12.2. The van der Waals surface area contributed by atoms with Gasteiger partial charge in [0.2, 0.25) is 0 Å². The Labute approximate surface area is 118 Å². The van der Waals surface area contributed by atoms with E-state index in [1.54, 1.807) is 11.3 Å². The van der Waals surface area contributed by atoms with Gasteiger partial charge in [-0.25, -0.2) is 4.98 Å². The van der Waals surface area contributed by atoms with Gasteiger partial charge in [0.1, 0.15) is 5.60 Å². The van der Waals surface area contributed by atoms with Crippen molar-refractivity contribution in [1.29, 1.82) is 0 Å². The van der Waals surface area contributed by atoms with E-state index in [0.717, 1.165) is 30.0 Å². The van der Waals surface area contributed by atoms with Crippen molar-refractivity contribution < 1.29 is 9.53 Å². The average Bonchev–Trinajstić information content (AvgIpc) is 2.85. The summed E-state index contributed by atoms with van der Waals surface area (Å²) in [7, 11) is 0. The normalized spacial score (nSPS) is 23.6. The van der Waals surface area contributed by atoms with Crippen LogP contribution in [0.5, 0.6) is 0 Å². The minimum absolute atomic E-state index is 0.0219. The van der Waals surface area contributed by atoms with Crippen LogP contribution in [0.3, 0.4) is 0 Å². The summed E-state index contributed by atoms with van der Waals surface area (Å²) in [5.41, 5.74) is 0.274. The van der Waals surface area contributed by atoms with Crippen molar-refractivity contribution >= 4 is 17.2 Å². The average molecular weight is 282 g/mol. The Morgan fingerprint density at radius 2 is 2.37 bits per heavy atom. The minimum atomic E-state index is -0.658. The molecule has 1 amide bonds. The Hall–Kier alpha value is -0.940. The second-order valence-corrected chi connectivity index (χ2v) is 6.44. The quantitative estimate of drug-likeness (QED) is 0.924. The Balaban J connectivity index is 1.88. The summed E-state index contributed by atoms with van der Waals surface area (Å²) < 4.78 is 5.63. The van der Waals surface area contributed by atoms with Crippen LogP contribution >= 0.6 is 11.3 Å². The van der Waals surface area contributed by atoms with E-state index in [1.165, 1.54) is 0 Å². The predicted octanol–water partition coefficient (Wildman–Crippen LogP) is 2.84. The fourth-order valence-electron chi connectivity index (χ4n) is 2.14. The van der Waals surface area contributed by atoms with Crippen molar-refractivity contribution in [3.63, 3.8) is 0 Å². The molecule has 1 N–H and O–H groups in total. The van der Waals surface area contributed by atoms with E-state index in [1.807, 2.05) is 12.3 Å². The molecule has 0 bridgehead atoms. The van der Waals surface area contributed by atoms with E-state index in [9.17, 15) is 4.79 Å². The van der Waals surface area contributed by atoms with E-state index in [2.05, 4.69) is 24.1 Å². The monoisotopic (exact) mass is 282 g/mol. The second kappa shape index (κ2) is 6.01. The Bertz CT molecular complexity index is 436. The Kier molecular flexibility index (Phi) is 4.58. The van der Waals surface area contributed by atoms with Gasteiger partial charge in [-0.15, -0.1) is 11.3 Å². The molecule has 1 atom stereocenters. The molecule has 1 aliphatic rings. The SMILES string of the molecule is CC(C)c1nc(CNC(=O)[C@]2(C)CCCCO2)cs1. The highest BCUT2D eigenvalue weighted by Gasteiger charge is 2.35. The van der Waals surface area contributed by atoms with Crippen LogP contribution in [-0.2, 0) is 16.1 Å². The maximum Gasteiger partial charge on any atom is 0.252 e. The van der Waals surface area contributed by atoms with E-state index < -0.39 is 5.60 Å². The van der Waals surface area contributed by atoms with Gasteiger partial charge < -0.3 is 10.1 Å². The largest absolute Gasteiger partial charge is 0.365 e. The van der Waals surface area contributed by atoms with E-state index in [-0.39, 0.29) is 5.91 Å². The van der Waals surface area contributed by atoms with Crippen LogP contribution in [0.4, 0.5) is 0 Å². The molecule has 0 spiro atoms. The number of nitrogens with zero attached hydrogens (tertiary/aromatic N) is 1. The number of nitrogens with one attached hydrogen (secondary N) is 1. The van der Waals surface area contributed by atoms with Crippen molar-refractivity contribution in [2.75, 3.05) is 6.61 Å². The first-order valence-corrected chi connectivity index (χ1v) is 7.76. The molecule has 4 nitrogen and oxygen atoms in total. The second-order valence-electron chi connectivity index (χ2n) is 5.55. The summed E-state index contributed by atoms with van der Waals surface area (Å²) in [4.78, 5) is 16.7. The first kappa shape index (κ1) is 14.5. The number of carbonyl (C=O) groups excluding carboxylic acids is 1. The molecule has 0 aromatic carbocycles. The summed E-state index contributed by atoms with van der Waals surface area (Å²) in [6, 6.07) is 0. The molecule has 19 heavy (non-hydrogen) atoms. The smallest absolute Gasteiger partial charge is 0.252 e. The standard InChI is InChI=1S/C14H22N2O2S/c1-10(2)12-16-11(9-19-12)8-15-13(17)14(3)6-4-5-7-18-14/h9-10H,4-8H2,1-3H3,(H,15,17)/t14-/m0/s1. The lowest BCUT2D eigenvalue weighted by molar-refractivity contribution is -0.150.